The standard InChI is InChI=1S/C18H19N5O4S/c24-14(21-18-23-22-17(28-18)13-6-3-9-27-13)8-7-12-16(26)19-11-5-2-1-4-10(11)15(25)20-12/h1-2,4-5,12-13H,3,6-9H2,(H,19,26)(H,20,25)(H,21,23,24)/t12-,13+/m0/s1. The first-order valence-corrected chi connectivity index (χ1v) is 9.87. The predicted octanol–water partition coefficient (Wildman–Crippen LogP) is 1.86. The van der Waals surface area contributed by atoms with Crippen LogP contribution in [0.3, 0.4) is 0 Å². The van der Waals surface area contributed by atoms with Gasteiger partial charge in [0.05, 0.1) is 11.3 Å². The van der Waals surface area contributed by atoms with Crippen molar-refractivity contribution in [2.75, 3.05) is 17.2 Å². The van der Waals surface area contributed by atoms with Crippen molar-refractivity contribution in [2.24, 2.45) is 0 Å². The predicted molar refractivity (Wildman–Crippen MR) is 102 cm³/mol. The number of amides is 3. The molecule has 0 saturated carbocycles. The number of anilines is 2. The van der Waals surface area contributed by atoms with E-state index in [0.29, 0.717) is 23.0 Å². The van der Waals surface area contributed by atoms with E-state index in [1.54, 1.807) is 24.3 Å². The van der Waals surface area contributed by atoms with Gasteiger partial charge in [-0.05, 0) is 31.4 Å². The summed E-state index contributed by atoms with van der Waals surface area (Å²) in [7, 11) is 0. The molecule has 0 aliphatic carbocycles. The summed E-state index contributed by atoms with van der Waals surface area (Å²) in [5.74, 6) is -0.980. The molecular formula is C18H19N5O4S. The average Bonchev–Trinajstić information content (AvgIpc) is 3.34. The van der Waals surface area contributed by atoms with E-state index in [4.69, 9.17) is 4.74 Å². The fourth-order valence-electron chi connectivity index (χ4n) is 3.16. The molecule has 0 unspecified atom stereocenters. The molecule has 2 aromatic rings. The number of rotatable bonds is 5. The molecule has 2 atom stereocenters. The molecule has 3 amide bonds. The van der Waals surface area contributed by atoms with Crippen molar-refractivity contribution in [3.63, 3.8) is 0 Å². The Bertz CT molecular complexity index is 909. The van der Waals surface area contributed by atoms with Gasteiger partial charge in [-0.1, -0.05) is 23.5 Å². The Hall–Kier alpha value is -2.85. The molecule has 9 nitrogen and oxygen atoms in total. The second-order valence-corrected chi connectivity index (χ2v) is 7.60. The lowest BCUT2D eigenvalue weighted by Crippen LogP contribution is -2.41. The highest BCUT2D eigenvalue weighted by Gasteiger charge is 2.28. The number of carbonyl (C=O) groups is 3. The number of ether oxygens (including phenoxy) is 1. The molecule has 0 spiro atoms. The van der Waals surface area contributed by atoms with Crippen LogP contribution in [0.1, 0.15) is 47.2 Å². The van der Waals surface area contributed by atoms with E-state index >= 15 is 0 Å². The molecule has 4 rings (SSSR count). The maximum Gasteiger partial charge on any atom is 0.254 e. The van der Waals surface area contributed by atoms with E-state index in [1.165, 1.54) is 11.3 Å². The fourth-order valence-corrected chi connectivity index (χ4v) is 4.00. The van der Waals surface area contributed by atoms with Crippen LogP contribution >= 0.6 is 11.3 Å². The van der Waals surface area contributed by atoms with Gasteiger partial charge >= 0.3 is 0 Å². The Kier molecular flexibility index (Phi) is 5.31. The van der Waals surface area contributed by atoms with Gasteiger partial charge in [0.25, 0.3) is 5.91 Å². The van der Waals surface area contributed by atoms with Crippen molar-refractivity contribution in [3.05, 3.63) is 34.8 Å². The van der Waals surface area contributed by atoms with Gasteiger partial charge in [-0.2, -0.15) is 0 Å². The summed E-state index contributed by atoms with van der Waals surface area (Å²) in [6, 6.07) is 5.99. The van der Waals surface area contributed by atoms with Crippen molar-refractivity contribution in [2.45, 2.75) is 37.8 Å². The van der Waals surface area contributed by atoms with E-state index in [-0.39, 0.29) is 36.7 Å². The molecule has 2 aliphatic heterocycles. The minimum atomic E-state index is -0.789. The molecular weight excluding hydrogens is 382 g/mol. The Labute approximate surface area is 164 Å². The van der Waals surface area contributed by atoms with Gasteiger partial charge in [0, 0.05) is 13.0 Å². The summed E-state index contributed by atoms with van der Waals surface area (Å²) < 4.78 is 5.56. The van der Waals surface area contributed by atoms with Gasteiger partial charge in [0.1, 0.15) is 17.2 Å². The second-order valence-electron chi connectivity index (χ2n) is 6.59. The van der Waals surface area contributed by atoms with Gasteiger partial charge in [0.15, 0.2) is 0 Å². The van der Waals surface area contributed by atoms with E-state index in [0.717, 1.165) is 17.8 Å². The van der Waals surface area contributed by atoms with Crippen molar-refractivity contribution >= 4 is 39.9 Å². The SMILES string of the molecule is O=C(CC[C@@H]1NC(=O)c2ccccc2NC1=O)Nc1nnc([C@H]2CCCO2)s1. The van der Waals surface area contributed by atoms with Crippen molar-refractivity contribution < 1.29 is 19.1 Å². The van der Waals surface area contributed by atoms with Crippen LogP contribution in [0.4, 0.5) is 10.8 Å². The third kappa shape index (κ3) is 4.02. The number of hydrogen-bond donors (Lipinski definition) is 3. The summed E-state index contributed by atoms with van der Waals surface area (Å²) >= 11 is 1.29. The Morgan fingerprint density at radius 2 is 2.14 bits per heavy atom. The number of aromatic nitrogens is 2. The second kappa shape index (κ2) is 8.03. The molecule has 0 radical (unpaired) electrons. The van der Waals surface area contributed by atoms with Crippen LogP contribution < -0.4 is 16.0 Å². The van der Waals surface area contributed by atoms with Crippen LogP contribution in [0.25, 0.3) is 0 Å². The van der Waals surface area contributed by atoms with Crippen LogP contribution in [-0.2, 0) is 14.3 Å². The summed E-state index contributed by atoms with van der Waals surface area (Å²) in [6.45, 7) is 0.713. The van der Waals surface area contributed by atoms with E-state index < -0.39 is 6.04 Å². The Morgan fingerprint density at radius 1 is 1.29 bits per heavy atom. The molecule has 28 heavy (non-hydrogen) atoms. The first-order valence-electron chi connectivity index (χ1n) is 9.06. The summed E-state index contributed by atoms with van der Waals surface area (Å²) in [4.78, 5) is 36.9. The molecule has 146 valence electrons. The zero-order valence-corrected chi connectivity index (χ0v) is 15.8. The minimum Gasteiger partial charge on any atom is -0.371 e. The summed E-state index contributed by atoms with van der Waals surface area (Å²) in [5, 5.41) is 17.3. The molecule has 1 aromatic carbocycles. The normalized spacial score (nSPS) is 21.4. The van der Waals surface area contributed by atoms with Crippen molar-refractivity contribution in [3.8, 4) is 0 Å². The molecule has 10 heteroatoms. The molecule has 1 saturated heterocycles. The van der Waals surface area contributed by atoms with Gasteiger partial charge in [-0.3, -0.25) is 14.4 Å². The van der Waals surface area contributed by atoms with E-state index in [2.05, 4.69) is 26.1 Å². The van der Waals surface area contributed by atoms with E-state index in [1.807, 2.05) is 0 Å². The Balaban J connectivity index is 1.32. The number of fused-ring (bicyclic) bond motifs is 1. The zero-order valence-electron chi connectivity index (χ0n) is 14.9. The number of benzene rings is 1. The summed E-state index contributed by atoms with van der Waals surface area (Å²) in [5.41, 5.74) is 0.866. The van der Waals surface area contributed by atoms with Gasteiger partial charge in [0.2, 0.25) is 16.9 Å². The maximum absolute atomic E-state index is 12.4. The van der Waals surface area contributed by atoms with Crippen molar-refractivity contribution in [1.82, 2.24) is 15.5 Å². The van der Waals surface area contributed by atoms with Crippen molar-refractivity contribution in [1.29, 1.82) is 0 Å². The van der Waals surface area contributed by atoms with Gasteiger partial charge in [-0.25, -0.2) is 0 Å². The average molecular weight is 401 g/mol. The number of nitrogens with one attached hydrogen (secondary N) is 3. The lowest BCUT2D eigenvalue weighted by Gasteiger charge is -2.13. The largest absolute Gasteiger partial charge is 0.371 e. The van der Waals surface area contributed by atoms with Gasteiger partial charge < -0.3 is 20.7 Å². The molecule has 3 heterocycles. The number of para-hydroxylation sites is 1. The lowest BCUT2D eigenvalue weighted by atomic mass is 10.1. The lowest BCUT2D eigenvalue weighted by molar-refractivity contribution is -0.118. The molecule has 3 N–H and O–H groups in total. The first kappa shape index (κ1) is 18.5. The maximum atomic E-state index is 12.4. The molecule has 1 fully saturated rings. The molecule has 2 aliphatic rings. The molecule has 1 aromatic heterocycles. The monoisotopic (exact) mass is 401 g/mol. The van der Waals surface area contributed by atoms with Crippen LogP contribution in [0.5, 0.6) is 0 Å². The third-order valence-electron chi connectivity index (χ3n) is 4.60. The highest BCUT2D eigenvalue weighted by Crippen LogP contribution is 2.31. The molecule has 0 bridgehead atoms. The third-order valence-corrected chi connectivity index (χ3v) is 5.53. The zero-order chi connectivity index (χ0) is 19.5. The Morgan fingerprint density at radius 3 is 2.96 bits per heavy atom. The van der Waals surface area contributed by atoms with Crippen LogP contribution in [0, 0.1) is 0 Å². The number of nitrogens with zero attached hydrogens (tertiary/aromatic N) is 2. The van der Waals surface area contributed by atoms with Crippen LogP contribution in [-0.4, -0.2) is 40.6 Å². The smallest absolute Gasteiger partial charge is 0.254 e. The number of hydrogen-bond acceptors (Lipinski definition) is 7. The first-order chi connectivity index (χ1) is 13.6. The topological polar surface area (TPSA) is 122 Å². The highest BCUT2D eigenvalue weighted by atomic mass is 32.1. The fraction of sp³-hybridized carbons (Fsp3) is 0.389. The van der Waals surface area contributed by atoms with Crippen LogP contribution in [0.2, 0.25) is 0 Å². The van der Waals surface area contributed by atoms with Gasteiger partial charge in [-0.15, -0.1) is 10.2 Å². The van der Waals surface area contributed by atoms with E-state index in [9.17, 15) is 14.4 Å². The highest BCUT2D eigenvalue weighted by molar-refractivity contribution is 7.15. The minimum absolute atomic E-state index is 0.0466. The number of carbonyl (C=O) groups excluding carboxylic acids is 3. The van der Waals surface area contributed by atoms with Crippen LogP contribution in [0.15, 0.2) is 24.3 Å². The summed E-state index contributed by atoms with van der Waals surface area (Å²) in [6.07, 6.45) is 2.08. The quantitative estimate of drug-likeness (QED) is 0.703.